The van der Waals surface area contributed by atoms with E-state index in [9.17, 15) is 31.7 Å². The van der Waals surface area contributed by atoms with Crippen LogP contribution in [0.3, 0.4) is 0 Å². The first kappa shape index (κ1) is 20.6. The topological polar surface area (TPSA) is 105 Å². The van der Waals surface area contributed by atoms with Crippen molar-refractivity contribution in [2.45, 2.75) is 24.0 Å². The van der Waals surface area contributed by atoms with Crippen molar-refractivity contribution in [3.8, 4) is 0 Å². The molecule has 0 bridgehead atoms. The molecule has 1 aromatic carbocycles. The molecule has 12 heteroatoms. The Bertz CT molecular complexity index is 764. The van der Waals surface area contributed by atoms with Gasteiger partial charge in [-0.2, -0.15) is 13.2 Å². The third-order valence-electron chi connectivity index (χ3n) is 4.10. The van der Waals surface area contributed by atoms with Crippen LogP contribution in [0, 0.1) is 17.0 Å². The average Bonchev–Trinajstić information content (AvgIpc) is 2.54. The molecule has 1 heterocycles. The van der Waals surface area contributed by atoms with Crippen LogP contribution in [0.1, 0.15) is 5.56 Å². The molecule has 1 fully saturated rings. The summed E-state index contributed by atoms with van der Waals surface area (Å²) in [5, 5.41) is 13.7. The van der Waals surface area contributed by atoms with Gasteiger partial charge in [-0.15, -0.1) is 0 Å². The predicted octanol–water partition coefficient (Wildman–Crippen LogP) is 1.02. The summed E-state index contributed by atoms with van der Waals surface area (Å²) >= 11 is 0. The Hall–Kier alpha value is -1.76. The lowest BCUT2D eigenvalue weighted by atomic mass is 10.2. The summed E-state index contributed by atoms with van der Waals surface area (Å²) in [6.45, 7) is 1.61. The number of hydrogen-bond donors (Lipinski definition) is 2. The number of nitrogens with one attached hydrogen (secondary N) is 2. The maximum Gasteiger partial charge on any atom is 0.405 e. The lowest BCUT2D eigenvalue weighted by molar-refractivity contribution is -0.385. The van der Waals surface area contributed by atoms with Gasteiger partial charge in [-0.3, -0.25) is 15.0 Å². The minimum absolute atomic E-state index is 0.0810. The van der Waals surface area contributed by atoms with Crippen LogP contribution in [0.15, 0.2) is 23.1 Å². The highest BCUT2D eigenvalue weighted by atomic mass is 32.2. The zero-order valence-corrected chi connectivity index (χ0v) is 14.7. The maximum atomic E-state index is 13.3. The Balaban J connectivity index is 2.18. The smallest absolute Gasteiger partial charge is 0.314 e. The van der Waals surface area contributed by atoms with Gasteiger partial charge in [-0.25, -0.2) is 13.1 Å². The number of nitro groups is 1. The second-order valence-corrected chi connectivity index (χ2v) is 7.64. The highest BCUT2D eigenvalue weighted by Gasteiger charge is 2.44. The second kappa shape index (κ2) is 7.86. The summed E-state index contributed by atoms with van der Waals surface area (Å²) in [6.07, 6.45) is -4.59. The third kappa shape index (κ3) is 4.90. The first-order valence-corrected chi connectivity index (χ1v) is 9.27. The zero-order chi connectivity index (χ0) is 19.5. The van der Waals surface area contributed by atoms with E-state index in [1.54, 1.807) is 0 Å². The van der Waals surface area contributed by atoms with Crippen LogP contribution in [0.25, 0.3) is 0 Å². The van der Waals surface area contributed by atoms with Crippen molar-refractivity contribution in [3.05, 3.63) is 33.9 Å². The van der Waals surface area contributed by atoms with Crippen LogP contribution < -0.4 is 10.0 Å². The fourth-order valence-corrected chi connectivity index (χ4v) is 4.02. The van der Waals surface area contributed by atoms with Gasteiger partial charge < -0.3 is 5.32 Å². The average molecular weight is 396 g/mol. The van der Waals surface area contributed by atoms with Crippen LogP contribution >= 0.6 is 0 Å². The van der Waals surface area contributed by atoms with Crippen molar-refractivity contribution in [3.63, 3.8) is 0 Å². The Kier molecular flexibility index (Phi) is 6.21. The fourth-order valence-electron chi connectivity index (χ4n) is 2.76. The largest absolute Gasteiger partial charge is 0.405 e. The van der Waals surface area contributed by atoms with Crippen molar-refractivity contribution in [1.29, 1.82) is 0 Å². The van der Waals surface area contributed by atoms with E-state index in [0.29, 0.717) is 13.1 Å². The summed E-state index contributed by atoms with van der Waals surface area (Å²) in [4.78, 5) is 10.9. The molecule has 0 spiro atoms. The van der Waals surface area contributed by atoms with Crippen LogP contribution in [-0.2, 0) is 10.0 Å². The summed E-state index contributed by atoms with van der Waals surface area (Å²) in [5.41, 5.74) is -0.215. The molecule has 1 atom stereocenters. The van der Waals surface area contributed by atoms with Crippen LogP contribution in [-0.4, -0.2) is 63.2 Å². The molecule has 0 amide bonds. The van der Waals surface area contributed by atoms with Gasteiger partial charge in [0.05, 0.1) is 9.82 Å². The number of nitrogens with zero attached hydrogens (tertiary/aromatic N) is 2. The number of rotatable bonds is 6. The number of piperazine rings is 1. The molecule has 0 saturated carbocycles. The molecule has 8 nitrogen and oxygen atoms in total. The summed E-state index contributed by atoms with van der Waals surface area (Å²) < 4.78 is 66.7. The molecule has 1 unspecified atom stereocenters. The van der Waals surface area contributed by atoms with Crippen molar-refractivity contribution < 1.29 is 26.5 Å². The molecule has 0 aromatic heterocycles. The van der Waals surface area contributed by atoms with Crippen molar-refractivity contribution >= 4 is 15.7 Å². The summed E-state index contributed by atoms with van der Waals surface area (Å²) in [7, 11) is -4.24. The lowest BCUT2D eigenvalue weighted by Gasteiger charge is -2.35. The SMILES string of the molecule is Cc1cc([N+](=O)[O-])ccc1S(=O)(=O)NCC(N1CCNCC1)C(F)(F)F. The fraction of sp³-hybridized carbons (Fsp3) is 0.571. The minimum atomic E-state index is -4.59. The molecule has 146 valence electrons. The van der Waals surface area contributed by atoms with Gasteiger partial charge in [0.25, 0.3) is 5.69 Å². The van der Waals surface area contributed by atoms with Gasteiger partial charge in [-0.05, 0) is 18.6 Å². The summed E-state index contributed by atoms with van der Waals surface area (Å²) in [6, 6.07) is 1.13. The van der Waals surface area contributed by atoms with E-state index >= 15 is 0 Å². The van der Waals surface area contributed by atoms with E-state index in [1.807, 2.05) is 4.72 Å². The lowest BCUT2D eigenvalue weighted by Crippen LogP contribution is -2.57. The predicted molar refractivity (Wildman–Crippen MR) is 87.3 cm³/mol. The Morgan fingerprint density at radius 2 is 1.96 bits per heavy atom. The Labute approximate surface area is 148 Å². The molecule has 1 saturated heterocycles. The monoisotopic (exact) mass is 396 g/mol. The normalized spacial score (nSPS) is 17.8. The van der Waals surface area contributed by atoms with E-state index in [4.69, 9.17) is 0 Å². The van der Waals surface area contributed by atoms with E-state index in [2.05, 4.69) is 5.32 Å². The molecule has 1 aromatic rings. The van der Waals surface area contributed by atoms with Gasteiger partial charge in [0.2, 0.25) is 10.0 Å². The van der Waals surface area contributed by atoms with Crippen molar-refractivity contribution in [2.24, 2.45) is 0 Å². The second-order valence-electron chi connectivity index (χ2n) is 5.90. The van der Waals surface area contributed by atoms with Crippen molar-refractivity contribution in [2.75, 3.05) is 32.7 Å². The first-order chi connectivity index (χ1) is 12.0. The number of nitro benzene ring substituents is 1. The quantitative estimate of drug-likeness (QED) is 0.550. The van der Waals surface area contributed by atoms with Gasteiger partial charge >= 0.3 is 6.18 Å². The molecule has 0 radical (unpaired) electrons. The molecule has 26 heavy (non-hydrogen) atoms. The standard InChI is InChI=1S/C14H19F3N4O4S/c1-10-8-11(21(22)23)2-3-12(10)26(24,25)19-9-13(14(15,16)17)20-6-4-18-5-7-20/h2-3,8,13,18-19H,4-7,9H2,1H3. The van der Waals surface area contributed by atoms with Gasteiger partial charge in [0.1, 0.15) is 6.04 Å². The van der Waals surface area contributed by atoms with Gasteiger partial charge in [0.15, 0.2) is 0 Å². The number of alkyl halides is 3. The molecule has 2 N–H and O–H groups in total. The molecule has 0 aliphatic carbocycles. The minimum Gasteiger partial charge on any atom is -0.314 e. The maximum absolute atomic E-state index is 13.3. The number of sulfonamides is 1. The number of benzene rings is 1. The van der Waals surface area contributed by atoms with Crippen LogP contribution in [0.5, 0.6) is 0 Å². The first-order valence-electron chi connectivity index (χ1n) is 7.78. The number of aryl methyl sites for hydroxylation is 1. The number of halogens is 3. The number of non-ortho nitro benzene ring substituents is 1. The zero-order valence-electron chi connectivity index (χ0n) is 13.9. The van der Waals surface area contributed by atoms with Crippen LogP contribution in [0.2, 0.25) is 0 Å². The highest BCUT2D eigenvalue weighted by Crippen LogP contribution is 2.26. The van der Waals surface area contributed by atoms with E-state index < -0.39 is 33.7 Å². The molecular weight excluding hydrogens is 377 g/mol. The van der Waals surface area contributed by atoms with E-state index in [-0.39, 0.29) is 29.2 Å². The Morgan fingerprint density at radius 1 is 1.35 bits per heavy atom. The molecular formula is C14H19F3N4O4S. The van der Waals surface area contributed by atoms with E-state index in [0.717, 1.165) is 18.2 Å². The number of hydrogen-bond acceptors (Lipinski definition) is 6. The van der Waals surface area contributed by atoms with Gasteiger partial charge in [-0.1, -0.05) is 0 Å². The summed E-state index contributed by atoms with van der Waals surface area (Å²) in [5.74, 6) is 0. The Morgan fingerprint density at radius 3 is 2.46 bits per heavy atom. The van der Waals surface area contributed by atoms with Crippen molar-refractivity contribution in [1.82, 2.24) is 14.9 Å². The molecule has 1 aliphatic rings. The van der Waals surface area contributed by atoms with Gasteiger partial charge in [0, 0.05) is 44.9 Å². The van der Waals surface area contributed by atoms with Crippen LogP contribution in [0.4, 0.5) is 18.9 Å². The van der Waals surface area contributed by atoms with E-state index in [1.165, 1.54) is 11.8 Å². The molecule has 2 rings (SSSR count). The highest BCUT2D eigenvalue weighted by molar-refractivity contribution is 7.89. The third-order valence-corrected chi connectivity index (χ3v) is 5.68. The molecule has 1 aliphatic heterocycles.